The molecule has 82 valence electrons. The van der Waals surface area contributed by atoms with Crippen molar-refractivity contribution in [1.82, 2.24) is 0 Å². The van der Waals surface area contributed by atoms with Crippen LogP contribution >= 0.6 is 0 Å². The van der Waals surface area contributed by atoms with Gasteiger partial charge in [0.15, 0.2) is 0 Å². The number of carbonyl (C=O) groups is 1. The maximum atomic E-state index is 8.56. The normalized spacial score (nSPS) is 30.9. The number of hydrogen-bond donors (Lipinski definition) is 2. The van der Waals surface area contributed by atoms with Crippen molar-refractivity contribution >= 4 is 6.16 Å². The lowest BCUT2D eigenvalue weighted by Gasteiger charge is -2.35. The van der Waals surface area contributed by atoms with E-state index in [0.717, 1.165) is 11.8 Å². The van der Waals surface area contributed by atoms with Gasteiger partial charge in [-0.15, -0.1) is 0 Å². The van der Waals surface area contributed by atoms with Crippen molar-refractivity contribution in [2.75, 3.05) is 0 Å². The van der Waals surface area contributed by atoms with Crippen molar-refractivity contribution in [1.29, 1.82) is 0 Å². The maximum Gasteiger partial charge on any atom is 0.503 e. The smallest absolute Gasteiger partial charge is 0.450 e. The van der Waals surface area contributed by atoms with E-state index in [9.17, 15) is 0 Å². The van der Waals surface area contributed by atoms with Crippen molar-refractivity contribution in [2.45, 2.75) is 51.4 Å². The lowest BCUT2D eigenvalue weighted by molar-refractivity contribution is 0.137. The van der Waals surface area contributed by atoms with Gasteiger partial charge in [-0.2, -0.15) is 0 Å². The van der Waals surface area contributed by atoms with Crippen molar-refractivity contribution < 1.29 is 15.0 Å². The topological polar surface area (TPSA) is 57.5 Å². The summed E-state index contributed by atoms with van der Waals surface area (Å²) in [5.41, 5.74) is 0. The highest BCUT2D eigenvalue weighted by Crippen LogP contribution is 2.39. The van der Waals surface area contributed by atoms with Crippen molar-refractivity contribution in [3.8, 4) is 0 Å². The quantitative estimate of drug-likeness (QED) is 0.628. The summed E-state index contributed by atoms with van der Waals surface area (Å²) in [4.78, 5) is 8.56. The van der Waals surface area contributed by atoms with Crippen LogP contribution in [0.2, 0.25) is 0 Å². The average Bonchev–Trinajstić information content (AvgIpc) is 2.17. The molecule has 0 aromatic rings. The van der Waals surface area contributed by atoms with Crippen LogP contribution in [-0.2, 0) is 0 Å². The molecule has 0 bridgehead atoms. The van der Waals surface area contributed by atoms with Crippen LogP contribution in [0.25, 0.3) is 0 Å². The Kier molecular flexibility index (Phi) is 4.77. The Morgan fingerprint density at radius 2 is 1.00 bits per heavy atom. The molecule has 2 rings (SSSR count). The number of hydrogen-bond acceptors (Lipinski definition) is 1. The summed E-state index contributed by atoms with van der Waals surface area (Å²) in [7, 11) is 0. The van der Waals surface area contributed by atoms with E-state index >= 15 is 0 Å². The molecule has 2 N–H and O–H groups in total. The second-order valence-electron chi connectivity index (χ2n) is 4.37. The fraction of sp³-hybridized carbons (Fsp3) is 0.909. The van der Waals surface area contributed by atoms with Gasteiger partial charge in [0.25, 0.3) is 0 Å². The molecule has 0 atom stereocenters. The van der Waals surface area contributed by atoms with E-state index in [1.54, 1.807) is 25.7 Å². The van der Waals surface area contributed by atoms with E-state index < -0.39 is 6.16 Å². The predicted molar refractivity (Wildman–Crippen MR) is 54.6 cm³/mol. The standard InChI is InChI=1S/C10H18.CH2O3/c1-2-6-10-8-4-3-7-9(10)5-1;2-1(3)4/h9-10H,1-8H2;(H2,2,3,4). The Morgan fingerprint density at radius 1 is 0.786 bits per heavy atom. The van der Waals surface area contributed by atoms with Crippen LogP contribution in [0.15, 0.2) is 0 Å². The van der Waals surface area contributed by atoms with E-state index in [4.69, 9.17) is 15.0 Å². The lowest BCUT2D eigenvalue weighted by Crippen LogP contribution is -2.22. The van der Waals surface area contributed by atoms with Crippen molar-refractivity contribution in [2.24, 2.45) is 11.8 Å². The maximum absolute atomic E-state index is 8.56. The largest absolute Gasteiger partial charge is 0.503 e. The summed E-state index contributed by atoms with van der Waals surface area (Å²) in [6, 6.07) is 0. The molecule has 0 radical (unpaired) electrons. The van der Waals surface area contributed by atoms with Gasteiger partial charge in [0.2, 0.25) is 0 Å². The van der Waals surface area contributed by atoms with Gasteiger partial charge in [0.05, 0.1) is 0 Å². The van der Waals surface area contributed by atoms with Crippen LogP contribution in [0.4, 0.5) is 4.79 Å². The zero-order valence-corrected chi connectivity index (χ0v) is 8.61. The Bertz CT molecular complexity index is 149. The third-order valence-electron chi connectivity index (χ3n) is 3.47. The van der Waals surface area contributed by atoms with Gasteiger partial charge in [-0.1, -0.05) is 51.4 Å². The monoisotopic (exact) mass is 200 g/mol. The van der Waals surface area contributed by atoms with Gasteiger partial charge in [0.1, 0.15) is 0 Å². The van der Waals surface area contributed by atoms with Crippen LogP contribution in [0.5, 0.6) is 0 Å². The molecule has 0 aromatic heterocycles. The fourth-order valence-electron chi connectivity index (χ4n) is 2.86. The Balaban J connectivity index is 0.000000213. The molecule has 3 heteroatoms. The van der Waals surface area contributed by atoms with Crippen LogP contribution < -0.4 is 0 Å². The van der Waals surface area contributed by atoms with Crippen LogP contribution in [0.1, 0.15) is 51.4 Å². The minimum atomic E-state index is -1.83. The summed E-state index contributed by atoms with van der Waals surface area (Å²) in [5, 5.41) is 13.9. The molecule has 2 saturated carbocycles. The highest BCUT2D eigenvalue weighted by Gasteiger charge is 2.26. The van der Waals surface area contributed by atoms with E-state index in [1.807, 2.05) is 0 Å². The molecule has 0 unspecified atom stereocenters. The van der Waals surface area contributed by atoms with Crippen LogP contribution in [-0.4, -0.2) is 16.4 Å². The predicted octanol–water partition coefficient (Wildman–Crippen LogP) is 3.59. The third kappa shape index (κ3) is 3.99. The molecule has 2 aliphatic rings. The number of carboxylic acid groups (broad SMARTS) is 2. The average molecular weight is 200 g/mol. The van der Waals surface area contributed by atoms with Crippen molar-refractivity contribution in [3.63, 3.8) is 0 Å². The molecule has 0 aliphatic heterocycles. The minimum Gasteiger partial charge on any atom is -0.450 e. The van der Waals surface area contributed by atoms with Gasteiger partial charge in [-0.25, -0.2) is 4.79 Å². The van der Waals surface area contributed by atoms with Gasteiger partial charge in [-0.05, 0) is 11.8 Å². The molecule has 3 nitrogen and oxygen atoms in total. The molecular weight excluding hydrogens is 180 g/mol. The first-order valence-corrected chi connectivity index (χ1v) is 5.62. The summed E-state index contributed by atoms with van der Waals surface area (Å²) in [6.45, 7) is 0. The van der Waals surface area contributed by atoms with Gasteiger partial charge in [-0.3, -0.25) is 0 Å². The Hall–Kier alpha value is -0.730. The van der Waals surface area contributed by atoms with Crippen molar-refractivity contribution in [3.05, 3.63) is 0 Å². The highest BCUT2D eigenvalue weighted by molar-refractivity contribution is 5.53. The zero-order valence-electron chi connectivity index (χ0n) is 8.61. The SMILES string of the molecule is C1CCC2CCCCC2C1.O=C(O)O. The van der Waals surface area contributed by atoms with E-state index in [1.165, 1.54) is 25.7 Å². The van der Waals surface area contributed by atoms with E-state index in [2.05, 4.69) is 0 Å². The molecule has 0 spiro atoms. The third-order valence-corrected chi connectivity index (χ3v) is 3.47. The van der Waals surface area contributed by atoms with Gasteiger partial charge in [0, 0.05) is 0 Å². The lowest BCUT2D eigenvalue weighted by atomic mass is 9.71. The van der Waals surface area contributed by atoms with Gasteiger partial charge < -0.3 is 10.2 Å². The fourth-order valence-corrected chi connectivity index (χ4v) is 2.86. The summed E-state index contributed by atoms with van der Waals surface area (Å²) < 4.78 is 0. The summed E-state index contributed by atoms with van der Waals surface area (Å²) >= 11 is 0. The Labute approximate surface area is 85.1 Å². The molecule has 0 aromatic carbocycles. The second-order valence-corrected chi connectivity index (χ2v) is 4.37. The molecule has 2 aliphatic carbocycles. The summed E-state index contributed by atoms with van der Waals surface area (Å²) in [6.07, 6.45) is 10.5. The number of rotatable bonds is 0. The molecule has 0 heterocycles. The number of fused-ring (bicyclic) bond motifs is 1. The molecule has 14 heavy (non-hydrogen) atoms. The van der Waals surface area contributed by atoms with Crippen LogP contribution in [0, 0.1) is 11.8 Å². The molecular formula is C11H20O3. The first-order chi connectivity index (χ1) is 6.70. The first kappa shape index (κ1) is 11.3. The first-order valence-electron chi connectivity index (χ1n) is 5.62. The summed E-state index contributed by atoms with van der Waals surface area (Å²) in [5.74, 6) is 2.31. The van der Waals surface area contributed by atoms with Gasteiger partial charge >= 0.3 is 6.16 Å². The molecule has 0 saturated heterocycles. The van der Waals surface area contributed by atoms with Crippen LogP contribution in [0.3, 0.4) is 0 Å². The second kappa shape index (κ2) is 5.89. The highest BCUT2D eigenvalue weighted by atomic mass is 16.6. The Morgan fingerprint density at radius 3 is 1.21 bits per heavy atom. The van der Waals surface area contributed by atoms with E-state index in [-0.39, 0.29) is 0 Å². The minimum absolute atomic E-state index is 1.16. The molecule has 2 fully saturated rings. The molecule has 0 amide bonds. The zero-order chi connectivity index (χ0) is 10.4. The van der Waals surface area contributed by atoms with E-state index in [0.29, 0.717) is 0 Å².